The lowest BCUT2D eigenvalue weighted by Gasteiger charge is -2.13. The summed E-state index contributed by atoms with van der Waals surface area (Å²) in [4.78, 5) is 14.4. The summed E-state index contributed by atoms with van der Waals surface area (Å²) in [6, 6.07) is 6.78. The van der Waals surface area contributed by atoms with E-state index in [9.17, 15) is 4.79 Å². The van der Waals surface area contributed by atoms with Crippen LogP contribution in [-0.2, 0) is 17.6 Å². The number of nitrogens with zero attached hydrogens (tertiary/aromatic N) is 1. The van der Waals surface area contributed by atoms with Gasteiger partial charge in [-0.2, -0.15) is 0 Å². The van der Waals surface area contributed by atoms with Crippen molar-refractivity contribution in [1.82, 2.24) is 4.90 Å². The van der Waals surface area contributed by atoms with Crippen molar-refractivity contribution in [2.75, 3.05) is 27.2 Å². The molecule has 3 nitrogen and oxygen atoms in total. The van der Waals surface area contributed by atoms with E-state index in [1.54, 1.807) is 0 Å². The van der Waals surface area contributed by atoms with E-state index < -0.39 is 0 Å². The van der Waals surface area contributed by atoms with Crippen molar-refractivity contribution in [3.63, 3.8) is 0 Å². The third-order valence-corrected chi connectivity index (χ3v) is 10.1. The van der Waals surface area contributed by atoms with E-state index in [0.29, 0.717) is 18.7 Å². The van der Waals surface area contributed by atoms with Crippen molar-refractivity contribution in [1.29, 1.82) is 0 Å². The molecule has 0 N–H and O–H groups in total. The van der Waals surface area contributed by atoms with E-state index in [2.05, 4.69) is 70.2 Å². The molecule has 2 unspecified atom stereocenters. The Bertz CT molecular complexity index is 979. The van der Waals surface area contributed by atoms with Gasteiger partial charge >= 0.3 is 0 Å². The van der Waals surface area contributed by atoms with E-state index in [-0.39, 0.29) is 0 Å². The van der Waals surface area contributed by atoms with Crippen LogP contribution in [0.25, 0.3) is 0 Å². The van der Waals surface area contributed by atoms with Crippen molar-refractivity contribution < 1.29 is 9.53 Å². The van der Waals surface area contributed by atoms with Crippen LogP contribution >= 0.6 is 0 Å². The lowest BCUT2D eigenvalue weighted by Crippen LogP contribution is -2.21. The average molecular weight is 694 g/mol. The molecule has 0 amide bonds. The van der Waals surface area contributed by atoms with Crippen LogP contribution in [0.4, 0.5) is 0 Å². The van der Waals surface area contributed by atoms with Crippen molar-refractivity contribution in [2.45, 2.75) is 195 Å². The molecule has 50 heavy (non-hydrogen) atoms. The quantitative estimate of drug-likeness (QED) is 0.0523. The average Bonchev–Trinajstić information content (AvgIpc) is 3.08. The first-order chi connectivity index (χ1) is 24.3. The number of benzene rings is 1. The SMILES string of the molecule is CCCCC/C=C/C(C)CCCCCCCCCc1cc(CCC(=O)CN(C)C)cc(OCCCCCCC/C=C/CC(C)CCCCC)c1. The van der Waals surface area contributed by atoms with Crippen LogP contribution < -0.4 is 4.74 Å². The number of Topliss-reactive ketones (excluding diaryl/α,β-unsaturated/α-hetero) is 1. The first-order valence-electron chi connectivity index (χ1n) is 21.6. The number of hydrogen-bond acceptors (Lipinski definition) is 3. The van der Waals surface area contributed by atoms with Crippen LogP contribution in [0.2, 0.25) is 0 Å². The summed E-state index contributed by atoms with van der Waals surface area (Å²) >= 11 is 0. The predicted octanol–water partition coefficient (Wildman–Crippen LogP) is 14.1. The topological polar surface area (TPSA) is 29.5 Å². The Kier molecular flexibility index (Phi) is 30.5. The highest BCUT2D eigenvalue weighted by Gasteiger charge is 2.08. The zero-order valence-corrected chi connectivity index (χ0v) is 34.3. The Balaban J connectivity index is 2.34. The molecule has 0 radical (unpaired) electrons. The fraction of sp³-hybridized carbons (Fsp3) is 0.766. The molecule has 1 aromatic carbocycles. The van der Waals surface area contributed by atoms with Gasteiger partial charge in [0.1, 0.15) is 11.5 Å². The van der Waals surface area contributed by atoms with Crippen LogP contribution in [0.5, 0.6) is 5.75 Å². The Labute approximate surface area is 312 Å². The number of rotatable bonds is 35. The predicted molar refractivity (Wildman–Crippen MR) is 222 cm³/mol. The normalized spacial score (nSPS) is 13.2. The molecule has 0 saturated heterocycles. The maximum atomic E-state index is 12.4. The molecule has 0 aliphatic carbocycles. The molecule has 0 saturated carbocycles. The number of allylic oxidation sites excluding steroid dienone is 4. The minimum atomic E-state index is 0.309. The minimum Gasteiger partial charge on any atom is -0.494 e. The molecule has 0 spiro atoms. The van der Waals surface area contributed by atoms with E-state index in [4.69, 9.17) is 4.74 Å². The molecule has 0 aliphatic rings. The zero-order chi connectivity index (χ0) is 36.5. The van der Waals surface area contributed by atoms with Gasteiger partial charge in [-0.15, -0.1) is 0 Å². The van der Waals surface area contributed by atoms with Gasteiger partial charge in [0.15, 0.2) is 0 Å². The Morgan fingerprint density at radius 1 is 0.660 bits per heavy atom. The number of carbonyl (C=O) groups excluding carboxylic acids is 1. The number of ether oxygens (including phenoxy) is 1. The maximum Gasteiger partial charge on any atom is 0.147 e. The van der Waals surface area contributed by atoms with E-state index in [1.807, 2.05) is 19.0 Å². The number of unbranched alkanes of at least 4 members (excludes halogenated alkanes) is 16. The summed E-state index contributed by atoms with van der Waals surface area (Å²) in [5.74, 6) is 2.87. The van der Waals surface area contributed by atoms with Gasteiger partial charge in [-0.1, -0.05) is 154 Å². The van der Waals surface area contributed by atoms with E-state index in [0.717, 1.165) is 43.5 Å². The van der Waals surface area contributed by atoms with Crippen molar-refractivity contribution >= 4 is 5.78 Å². The Hall–Kier alpha value is -1.87. The van der Waals surface area contributed by atoms with Crippen LogP contribution in [0.15, 0.2) is 42.5 Å². The summed E-state index contributed by atoms with van der Waals surface area (Å²) in [6.45, 7) is 10.6. The van der Waals surface area contributed by atoms with E-state index >= 15 is 0 Å². The van der Waals surface area contributed by atoms with E-state index in [1.165, 1.54) is 152 Å². The summed E-state index contributed by atoms with van der Waals surface area (Å²) < 4.78 is 6.30. The van der Waals surface area contributed by atoms with Gasteiger partial charge in [0.25, 0.3) is 0 Å². The standard InChI is InChI=1S/C47H83NO2/c1-7-9-11-19-25-31-43(4)33-27-21-16-14-17-22-28-34-44-38-45(35-36-46(49)41-48(5)6)40-47(39-44)50-37-29-23-18-13-12-15-20-26-32-42(3)30-24-10-8-2/h20,25-26,31,38-40,42-43H,7-19,21-24,27-30,32-37,41H2,1-6H3/b26-20+,31-25+. The second kappa shape index (κ2) is 33.0. The molecule has 0 fully saturated rings. The van der Waals surface area contributed by atoms with Crippen LogP contribution in [0.3, 0.4) is 0 Å². The van der Waals surface area contributed by atoms with Gasteiger partial charge in [0, 0.05) is 6.42 Å². The maximum absolute atomic E-state index is 12.4. The largest absolute Gasteiger partial charge is 0.494 e. The monoisotopic (exact) mass is 694 g/mol. The molecule has 1 rings (SSSR count). The molecule has 3 heteroatoms. The summed E-state index contributed by atoms with van der Waals surface area (Å²) in [7, 11) is 3.93. The molecular formula is C47H83NO2. The molecule has 0 aliphatic heterocycles. The van der Waals surface area contributed by atoms with Gasteiger partial charge in [-0.3, -0.25) is 4.79 Å². The van der Waals surface area contributed by atoms with Crippen molar-refractivity contribution in [3.8, 4) is 5.75 Å². The highest BCUT2D eigenvalue weighted by atomic mass is 16.5. The number of carbonyl (C=O) groups is 1. The fourth-order valence-corrected chi connectivity index (χ4v) is 6.82. The summed E-state index contributed by atoms with van der Waals surface area (Å²) in [5, 5.41) is 0. The fourth-order valence-electron chi connectivity index (χ4n) is 6.82. The minimum absolute atomic E-state index is 0.309. The first-order valence-corrected chi connectivity index (χ1v) is 21.6. The Morgan fingerprint density at radius 2 is 1.24 bits per heavy atom. The van der Waals surface area contributed by atoms with Gasteiger partial charge < -0.3 is 9.64 Å². The summed E-state index contributed by atoms with van der Waals surface area (Å²) in [5.41, 5.74) is 2.62. The highest BCUT2D eigenvalue weighted by molar-refractivity contribution is 5.80. The molecule has 0 aromatic heterocycles. The molecule has 2 atom stereocenters. The lowest BCUT2D eigenvalue weighted by molar-refractivity contribution is -0.119. The Morgan fingerprint density at radius 3 is 1.96 bits per heavy atom. The zero-order valence-electron chi connectivity index (χ0n) is 34.3. The van der Waals surface area contributed by atoms with Gasteiger partial charge in [-0.05, 0) is 113 Å². The molecule has 1 aromatic rings. The summed E-state index contributed by atoms with van der Waals surface area (Å²) in [6.07, 6.45) is 42.3. The highest BCUT2D eigenvalue weighted by Crippen LogP contribution is 2.22. The molecule has 0 bridgehead atoms. The second-order valence-corrected chi connectivity index (χ2v) is 15.9. The number of ketones is 1. The van der Waals surface area contributed by atoms with Crippen LogP contribution in [-0.4, -0.2) is 37.9 Å². The van der Waals surface area contributed by atoms with Gasteiger partial charge in [-0.25, -0.2) is 0 Å². The molecule has 288 valence electrons. The number of likely N-dealkylation sites (N-methyl/N-ethyl adjacent to an activating group) is 1. The third-order valence-electron chi connectivity index (χ3n) is 10.1. The van der Waals surface area contributed by atoms with Gasteiger partial charge in [0.05, 0.1) is 13.2 Å². The lowest BCUT2D eigenvalue weighted by atomic mass is 9.99. The number of aryl methyl sites for hydroxylation is 2. The number of hydrogen-bond donors (Lipinski definition) is 0. The second-order valence-electron chi connectivity index (χ2n) is 15.9. The van der Waals surface area contributed by atoms with Crippen molar-refractivity contribution in [3.05, 3.63) is 53.6 Å². The van der Waals surface area contributed by atoms with Crippen LogP contribution in [0, 0.1) is 11.8 Å². The first kappa shape index (κ1) is 46.2. The smallest absolute Gasteiger partial charge is 0.147 e. The molecule has 0 heterocycles. The van der Waals surface area contributed by atoms with Crippen LogP contribution in [0.1, 0.15) is 193 Å². The van der Waals surface area contributed by atoms with Crippen molar-refractivity contribution in [2.24, 2.45) is 11.8 Å². The van der Waals surface area contributed by atoms with Gasteiger partial charge in [0.2, 0.25) is 0 Å². The molecular weight excluding hydrogens is 611 g/mol. The third kappa shape index (κ3) is 28.8.